The highest BCUT2D eigenvalue weighted by Gasteiger charge is 2.36. The summed E-state index contributed by atoms with van der Waals surface area (Å²) in [5.74, 6) is 1.03. The SMILES string of the molecule is CCCO[C@@H]1C[C@@H](C(=O)NC2CCC2)CC[C@H]1Nc1nc(N)nc2[nH]ncc12. The van der Waals surface area contributed by atoms with Crippen LogP contribution in [0, 0.1) is 5.92 Å². The molecule has 5 N–H and O–H groups in total. The second kappa shape index (κ2) is 8.30. The van der Waals surface area contributed by atoms with Gasteiger partial charge in [-0.1, -0.05) is 6.92 Å². The van der Waals surface area contributed by atoms with Gasteiger partial charge in [0.15, 0.2) is 5.65 Å². The van der Waals surface area contributed by atoms with Gasteiger partial charge in [0.1, 0.15) is 5.82 Å². The van der Waals surface area contributed by atoms with Crippen molar-refractivity contribution in [1.82, 2.24) is 25.5 Å². The van der Waals surface area contributed by atoms with Crippen molar-refractivity contribution in [2.24, 2.45) is 5.92 Å². The maximum absolute atomic E-state index is 12.6. The smallest absolute Gasteiger partial charge is 0.224 e. The van der Waals surface area contributed by atoms with E-state index in [-0.39, 0.29) is 29.9 Å². The molecule has 1 amide bonds. The van der Waals surface area contributed by atoms with Crippen molar-refractivity contribution in [3.05, 3.63) is 6.20 Å². The summed E-state index contributed by atoms with van der Waals surface area (Å²) >= 11 is 0. The van der Waals surface area contributed by atoms with E-state index in [1.165, 1.54) is 6.42 Å². The van der Waals surface area contributed by atoms with Gasteiger partial charge >= 0.3 is 0 Å². The van der Waals surface area contributed by atoms with E-state index in [2.05, 4.69) is 37.7 Å². The molecule has 0 spiro atoms. The summed E-state index contributed by atoms with van der Waals surface area (Å²) in [7, 11) is 0. The lowest BCUT2D eigenvalue weighted by Gasteiger charge is -2.37. The Morgan fingerprint density at radius 2 is 2.18 bits per heavy atom. The van der Waals surface area contributed by atoms with Crippen LogP contribution in [0.2, 0.25) is 0 Å². The van der Waals surface area contributed by atoms with Gasteiger partial charge in [-0.05, 0) is 44.9 Å². The molecule has 2 heterocycles. The highest BCUT2D eigenvalue weighted by Crippen LogP contribution is 2.31. The van der Waals surface area contributed by atoms with Gasteiger partial charge in [-0.2, -0.15) is 15.1 Å². The fourth-order valence-corrected chi connectivity index (χ4v) is 4.00. The molecule has 4 rings (SSSR count). The summed E-state index contributed by atoms with van der Waals surface area (Å²) in [6.45, 7) is 2.76. The van der Waals surface area contributed by atoms with Crippen molar-refractivity contribution >= 4 is 28.7 Å². The van der Waals surface area contributed by atoms with Crippen molar-refractivity contribution in [1.29, 1.82) is 0 Å². The predicted octanol–water partition coefficient (Wildman–Crippen LogP) is 1.98. The van der Waals surface area contributed by atoms with Gasteiger partial charge in [-0.25, -0.2) is 0 Å². The maximum atomic E-state index is 12.6. The molecule has 2 saturated carbocycles. The quantitative estimate of drug-likeness (QED) is 0.571. The summed E-state index contributed by atoms with van der Waals surface area (Å²) in [6, 6.07) is 0.434. The molecule has 28 heavy (non-hydrogen) atoms. The number of rotatable bonds is 7. The first-order valence-corrected chi connectivity index (χ1v) is 10.3. The number of anilines is 2. The summed E-state index contributed by atoms with van der Waals surface area (Å²) in [5, 5.41) is 14.3. The molecule has 2 fully saturated rings. The molecule has 0 unspecified atom stereocenters. The lowest BCUT2D eigenvalue weighted by atomic mass is 9.82. The van der Waals surface area contributed by atoms with E-state index >= 15 is 0 Å². The number of nitrogens with zero attached hydrogens (tertiary/aromatic N) is 3. The molecule has 2 aromatic heterocycles. The number of aromatic amines is 1. The first kappa shape index (κ1) is 18.9. The number of amides is 1. The van der Waals surface area contributed by atoms with Crippen LogP contribution in [0.1, 0.15) is 51.9 Å². The number of hydrogen-bond acceptors (Lipinski definition) is 7. The maximum Gasteiger partial charge on any atom is 0.224 e. The van der Waals surface area contributed by atoms with Crippen molar-refractivity contribution in [2.45, 2.75) is 70.1 Å². The van der Waals surface area contributed by atoms with E-state index in [9.17, 15) is 4.79 Å². The van der Waals surface area contributed by atoms with E-state index in [0.717, 1.165) is 37.5 Å². The Hall–Kier alpha value is -2.42. The molecule has 3 atom stereocenters. The highest BCUT2D eigenvalue weighted by molar-refractivity contribution is 5.87. The number of carbonyl (C=O) groups excluding carboxylic acids is 1. The largest absolute Gasteiger partial charge is 0.376 e. The van der Waals surface area contributed by atoms with Crippen LogP contribution in [0.4, 0.5) is 11.8 Å². The number of fused-ring (bicyclic) bond motifs is 1. The van der Waals surface area contributed by atoms with Gasteiger partial charge in [0.05, 0.1) is 23.7 Å². The molecular weight excluding hydrogens is 358 g/mol. The number of H-pyrrole nitrogens is 1. The number of hydrogen-bond donors (Lipinski definition) is 4. The average Bonchev–Trinajstić information content (AvgIpc) is 3.12. The highest BCUT2D eigenvalue weighted by atomic mass is 16.5. The molecule has 2 aliphatic rings. The van der Waals surface area contributed by atoms with Crippen molar-refractivity contribution in [3.63, 3.8) is 0 Å². The minimum Gasteiger partial charge on any atom is -0.376 e. The fraction of sp³-hybridized carbons (Fsp3) is 0.684. The molecule has 9 heteroatoms. The number of nitrogen functional groups attached to an aromatic ring is 1. The number of aromatic nitrogens is 4. The van der Waals surface area contributed by atoms with Gasteiger partial charge in [-0.15, -0.1) is 0 Å². The molecule has 0 bridgehead atoms. The molecule has 0 aromatic carbocycles. The fourth-order valence-electron chi connectivity index (χ4n) is 4.00. The molecule has 152 valence electrons. The monoisotopic (exact) mass is 387 g/mol. The predicted molar refractivity (Wildman–Crippen MR) is 107 cm³/mol. The second-order valence-electron chi connectivity index (χ2n) is 7.87. The van der Waals surface area contributed by atoms with Crippen LogP contribution in [-0.4, -0.2) is 50.9 Å². The van der Waals surface area contributed by atoms with Crippen LogP contribution in [0.3, 0.4) is 0 Å². The van der Waals surface area contributed by atoms with Crippen molar-refractivity contribution < 1.29 is 9.53 Å². The van der Waals surface area contributed by atoms with Crippen LogP contribution >= 0.6 is 0 Å². The first-order chi connectivity index (χ1) is 13.6. The van der Waals surface area contributed by atoms with Crippen molar-refractivity contribution in [3.8, 4) is 0 Å². The zero-order valence-corrected chi connectivity index (χ0v) is 16.3. The van der Waals surface area contributed by atoms with E-state index in [1.807, 2.05) is 0 Å². The summed E-state index contributed by atoms with van der Waals surface area (Å²) in [6.07, 6.45) is 8.38. The van der Waals surface area contributed by atoms with Crippen LogP contribution in [-0.2, 0) is 9.53 Å². The Kier molecular flexibility index (Phi) is 5.61. The van der Waals surface area contributed by atoms with Crippen LogP contribution in [0.5, 0.6) is 0 Å². The van der Waals surface area contributed by atoms with Crippen LogP contribution in [0.25, 0.3) is 11.0 Å². The molecule has 2 aromatic rings. The molecule has 2 aliphatic carbocycles. The minimum absolute atomic E-state index is 0.00455. The molecular formula is C19H29N7O2. The van der Waals surface area contributed by atoms with E-state index in [1.54, 1.807) is 6.20 Å². The number of nitrogens with two attached hydrogens (primary N) is 1. The van der Waals surface area contributed by atoms with Gasteiger partial charge in [0.2, 0.25) is 11.9 Å². The topological polar surface area (TPSA) is 131 Å². The third-order valence-corrected chi connectivity index (χ3v) is 5.80. The lowest BCUT2D eigenvalue weighted by Crippen LogP contribution is -2.48. The Morgan fingerprint density at radius 3 is 2.93 bits per heavy atom. The third kappa shape index (κ3) is 4.04. The van der Waals surface area contributed by atoms with Gasteiger partial charge in [0, 0.05) is 18.6 Å². The Labute approximate surface area is 164 Å². The zero-order valence-electron chi connectivity index (χ0n) is 16.3. The van der Waals surface area contributed by atoms with Crippen molar-refractivity contribution in [2.75, 3.05) is 17.7 Å². The summed E-state index contributed by atoms with van der Waals surface area (Å²) in [4.78, 5) is 21.1. The summed E-state index contributed by atoms with van der Waals surface area (Å²) in [5.41, 5.74) is 6.44. The third-order valence-electron chi connectivity index (χ3n) is 5.80. The van der Waals surface area contributed by atoms with E-state index < -0.39 is 0 Å². The molecule has 0 aliphatic heterocycles. The average molecular weight is 387 g/mol. The Balaban J connectivity index is 1.46. The Bertz CT molecular complexity index is 820. The minimum atomic E-state index is -0.0519. The van der Waals surface area contributed by atoms with Gasteiger partial charge in [-0.3, -0.25) is 9.89 Å². The summed E-state index contributed by atoms with van der Waals surface area (Å²) < 4.78 is 6.13. The zero-order chi connectivity index (χ0) is 19.5. The number of nitrogens with one attached hydrogen (secondary N) is 3. The van der Waals surface area contributed by atoms with Crippen LogP contribution in [0.15, 0.2) is 6.20 Å². The standard InChI is InChI=1S/C19H29N7O2/c1-2-8-28-15-9-11(18(27)22-12-4-3-5-12)6-7-14(15)23-16-13-10-21-26-17(13)25-19(20)24-16/h10-12,14-15H,2-9H2,1H3,(H,22,27)(H4,20,21,23,24,25,26)/t11-,14+,15+/m0/s1. The van der Waals surface area contributed by atoms with Gasteiger partial charge in [0.25, 0.3) is 0 Å². The van der Waals surface area contributed by atoms with Gasteiger partial charge < -0.3 is 21.1 Å². The second-order valence-corrected chi connectivity index (χ2v) is 7.87. The van der Waals surface area contributed by atoms with Crippen LogP contribution < -0.4 is 16.4 Å². The van der Waals surface area contributed by atoms with E-state index in [0.29, 0.717) is 30.5 Å². The first-order valence-electron chi connectivity index (χ1n) is 10.3. The number of carbonyl (C=O) groups is 1. The van der Waals surface area contributed by atoms with E-state index in [4.69, 9.17) is 10.5 Å². The number of ether oxygens (including phenoxy) is 1. The molecule has 0 saturated heterocycles. The molecule has 9 nitrogen and oxygen atoms in total. The molecule has 0 radical (unpaired) electrons. The normalized spacial score (nSPS) is 25.4. The lowest BCUT2D eigenvalue weighted by molar-refractivity contribution is -0.129. The Morgan fingerprint density at radius 1 is 1.32 bits per heavy atom.